The minimum absolute atomic E-state index is 0.0101. The number of fused-ring (bicyclic) bond motifs is 2. The summed E-state index contributed by atoms with van der Waals surface area (Å²) in [6, 6.07) is 2.19. The summed E-state index contributed by atoms with van der Waals surface area (Å²) in [6.45, 7) is 8.57. The lowest BCUT2D eigenvalue weighted by atomic mass is 9.82. The molecule has 2 aromatic heterocycles. The molecule has 2 saturated carbocycles. The van der Waals surface area contributed by atoms with E-state index in [-0.39, 0.29) is 31.7 Å². The van der Waals surface area contributed by atoms with Gasteiger partial charge in [-0.15, -0.1) is 11.3 Å². The predicted molar refractivity (Wildman–Crippen MR) is 205 cm³/mol. The van der Waals surface area contributed by atoms with Gasteiger partial charge < -0.3 is 14.4 Å². The van der Waals surface area contributed by atoms with Crippen LogP contribution in [0.2, 0.25) is 0 Å². The fourth-order valence-electron chi connectivity index (χ4n) is 7.91. The van der Waals surface area contributed by atoms with Gasteiger partial charge in [0.15, 0.2) is 5.78 Å². The van der Waals surface area contributed by atoms with Crippen LogP contribution < -0.4 is 9.46 Å². The molecule has 0 aromatic carbocycles. The fraction of sp³-hybridized carbons (Fsp3) is 0.650. The molecule has 1 saturated heterocycles. The maximum Gasteiger partial charge on any atom is 0.427 e. The van der Waals surface area contributed by atoms with E-state index in [1.807, 2.05) is 31.4 Å². The summed E-state index contributed by atoms with van der Waals surface area (Å²) in [4.78, 5) is 66.7. The fourth-order valence-corrected chi connectivity index (χ4v) is 10.0. The number of halogens is 3. The molecule has 57 heavy (non-hydrogen) atoms. The van der Waals surface area contributed by atoms with Crippen molar-refractivity contribution in [2.24, 2.45) is 29.1 Å². The van der Waals surface area contributed by atoms with Gasteiger partial charge in [0.1, 0.15) is 22.6 Å². The Morgan fingerprint density at radius 2 is 1.86 bits per heavy atom. The van der Waals surface area contributed by atoms with E-state index >= 15 is 0 Å². The summed E-state index contributed by atoms with van der Waals surface area (Å²) in [5.41, 5.74) is -2.79. The maximum atomic E-state index is 14.8. The van der Waals surface area contributed by atoms with E-state index < -0.39 is 91.8 Å². The average Bonchev–Trinajstić information content (AvgIpc) is 3.92. The molecule has 2 aromatic rings. The second-order valence-corrected chi connectivity index (χ2v) is 20.3. The van der Waals surface area contributed by atoms with Crippen molar-refractivity contribution >= 4 is 44.9 Å². The van der Waals surface area contributed by atoms with E-state index in [4.69, 9.17) is 9.47 Å². The maximum absolute atomic E-state index is 14.8. The number of amides is 2. The van der Waals surface area contributed by atoms with Gasteiger partial charge in [-0.2, -0.15) is 13.2 Å². The largest absolute Gasteiger partial charge is 0.488 e. The van der Waals surface area contributed by atoms with Gasteiger partial charge in [0.2, 0.25) is 27.4 Å². The van der Waals surface area contributed by atoms with Crippen LogP contribution in [-0.2, 0) is 33.9 Å². The van der Waals surface area contributed by atoms with Crippen molar-refractivity contribution in [2.75, 3.05) is 6.54 Å². The van der Waals surface area contributed by atoms with Crippen LogP contribution in [-0.4, -0.2) is 82.1 Å². The van der Waals surface area contributed by atoms with Crippen molar-refractivity contribution in [3.63, 3.8) is 0 Å². The van der Waals surface area contributed by atoms with Crippen molar-refractivity contribution in [1.29, 1.82) is 0 Å². The number of allylic oxidation sites excluding steroid dienone is 2. The Balaban J connectivity index is 1.33. The number of nitrogens with one attached hydrogen (secondary N) is 1. The smallest absolute Gasteiger partial charge is 0.427 e. The summed E-state index contributed by atoms with van der Waals surface area (Å²) < 4.78 is 80.1. The molecule has 12 nitrogen and oxygen atoms in total. The Morgan fingerprint density at radius 3 is 2.51 bits per heavy atom. The second-order valence-electron chi connectivity index (χ2n) is 17.3. The first kappa shape index (κ1) is 42.7. The third-order valence-corrected chi connectivity index (χ3v) is 15.2. The van der Waals surface area contributed by atoms with E-state index in [1.165, 1.54) is 16.2 Å². The molecular formula is C40H51F3N4O8S2. The molecule has 0 spiro atoms. The highest BCUT2D eigenvalue weighted by Crippen LogP contribution is 2.58. The standard InChI is InChI=1S/C40H51F3N4O8S2/c1-23-9-7-8-10-26-19-39(26,36(51)46-57(52,53)38(6)12-13-38)20-32(48)31-17-28(54-27-11-14-44-30(16-27)34-45-25(3)22-56-34)21-47(31)35(50)29(24(2)15-23)18-33(49)55-37(4,5)40(41,42)43/h8,10-11,14,16,22-24,26,28-29,31H,7,9,12-13,15,17-21H2,1-6H3,(H,46,51)/b10-8-/t23-,24-,26-,28-,29+,31+,39-/m1/s1. The summed E-state index contributed by atoms with van der Waals surface area (Å²) in [7, 11) is -4.02. The molecule has 17 heteroatoms. The molecule has 0 radical (unpaired) electrons. The van der Waals surface area contributed by atoms with E-state index in [0.29, 0.717) is 48.6 Å². The number of alkyl halides is 3. The molecule has 6 rings (SSSR count). The molecule has 2 amide bonds. The quantitative estimate of drug-likeness (QED) is 0.212. The van der Waals surface area contributed by atoms with Crippen molar-refractivity contribution in [1.82, 2.24) is 19.6 Å². The Morgan fingerprint density at radius 1 is 1.14 bits per heavy atom. The first-order valence-electron chi connectivity index (χ1n) is 19.4. The van der Waals surface area contributed by atoms with Crippen LogP contribution in [0.15, 0.2) is 35.9 Å². The number of nitrogens with zero attached hydrogens (tertiary/aromatic N) is 3. The van der Waals surface area contributed by atoms with Crippen LogP contribution in [0.1, 0.15) is 98.1 Å². The van der Waals surface area contributed by atoms with Gasteiger partial charge in [-0.3, -0.25) is 28.9 Å². The van der Waals surface area contributed by atoms with Crippen molar-refractivity contribution < 1.29 is 50.2 Å². The Kier molecular flexibility index (Phi) is 11.8. The van der Waals surface area contributed by atoms with E-state index in [9.17, 15) is 40.8 Å². The number of sulfonamides is 1. The molecule has 4 heterocycles. The van der Waals surface area contributed by atoms with Crippen LogP contribution >= 0.6 is 11.3 Å². The van der Waals surface area contributed by atoms with Gasteiger partial charge >= 0.3 is 12.1 Å². The van der Waals surface area contributed by atoms with Gasteiger partial charge in [0, 0.05) is 36.2 Å². The number of thiazole rings is 1. The van der Waals surface area contributed by atoms with Crippen LogP contribution in [0, 0.1) is 36.0 Å². The molecule has 0 bridgehead atoms. The minimum Gasteiger partial charge on any atom is -0.488 e. The highest BCUT2D eigenvalue weighted by atomic mass is 32.2. The number of rotatable bonds is 9. The van der Waals surface area contributed by atoms with Gasteiger partial charge in [0.25, 0.3) is 0 Å². The van der Waals surface area contributed by atoms with Crippen molar-refractivity contribution in [3.05, 3.63) is 41.6 Å². The van der Waals surface area contributed by atoms with Crippen LogP contribution in [0.5, 0.6) is 5.75 Å². The lowest BCUT2D eigenvalue weighted by molar-refractivity contribution is -0.257. The second kappa shape index (κ2) is 15.7. The third-order valence-electron chi connectivity index (χ3n) is 12.1. The summed E-state index contributed by atoms with van der Waals surface area (Å²) in [5, 5.41) is 2.56. The highest BCUT2D eigenvalue weighted by molar-refractivity contribution is 7.91. The zero-order valence-electron chi connectivity index (χ0n) is 33.1. The molecule has 1 N–H and O–H groups in total. The van der Waals surface area contributed by atoms with Gasteiger partial charge in [-0.25, -0.2) is 13.4 Å². The Bertz CT molecular complexity index is 2030. The van der Waals surface area contributed by atoms with E-state index in [1.54, 1.807) is 32.2 Å². The molecule has 3 fully saturated rings. The highest BCUT2D eigenvalue weighted by Gasteiger charge is 2.63. The number of carbonyl (C=O) groups excluding carboxylic acids is 4. The zero-order chi connectivity index (χ0) is 41.7. The number of aryl methyl sites for hydroxylation is 1. The Labute approximate surface area is 335 Å². The van der Waals surface area contributed by atoms with Crippen LogP contribution in [0.3, 0.4) is 0 Å². The number of Topliss-reactive ketones (excluding diaryl/α,β-unsaturated/α-hetero) is 1. The van der Waals surface area contributed by atoms with Gasteiger partial charge in [-0.1, -0.05) is 26.0 Å². The summed E-state index contributed by atoms with van der Waals surface area (Å²) in [5.74, 6) is -4.68. The van der Waals surface area contributed by atoms with Crippen molar-refractivity contribution in [2.45, 2.75) is 128 Å². The predicted octanol–water partition coefficient (Wildman–Crippen LogP) is 6.73. The number of esters is 1. The number of ether oxygens (including phenoxy) is 2. The van der Waals surface area contributed by atoms with Gasteiger partial charge in [0.05, 0.1) is 35.1 Å². The minimum atomic E-state index is -4.86. The number of aromatic nitrogens is 2. The van der Waals surface area contributed by atoms with Crippen LogP contribution in [0.4, 0.5) is 13.2 Å². The van der Waals surface area contributed by atoms with E-state index in [2.05, 4.69) is 14.7 Å². The molecule has 0 unspecified atom stereocenters. The lowest BCUT2D eigenvalue weighted by Gasteiger charge is -2.33. The number of ketones is 1. The number of pyridine rings is 1. The number of carbonyl (C=O) groups is 4. The monoisotopic (exact) mass is 836 g/mol. The number of hydrogen-bond acceptors (Lipinski definition) is 11. The van der Waals surface area contributed by atoms with Crippen molar-refractivity contribution in [3.8, 4) is 16.5 Å². The van der Waals surface area contributed by atoms with Crippen LogP contribution in [0.25, 0.3) is 10.7 Å². The molecule has 2 aliphatic carbocycles. The number of hydrogen-bond donors (Lipinski definition) is 1. The first-order chi connectivity index (χ1) is 26.5. The zero-order valence-corrected chi connectivity index (χ0v) is 34.7. The lowest BCUT2D eigenvalue weighted by Crippen LogP contribution is -2.48. The molecule has 4 aliphatic rings. The SMILES string of the molecule is Cc1csc(-c2cc(O[C@@H]3C[C@H]4C(=O)C[C@]5(C(=O)NS(=O)(=O)C6(C)CC6)C[C@H]5/C=C\CC[C@@H](C)C[C@@H](C)[C@H](CC(=O)OC(C)(C)C(F)(F)F)C(=O)N4C3)ccn2)n1. The molecule has 7 atom stereocenters. The normalized spacial score (nSPS) is 29.9. The first-order valence-corrected chi connectivity index (χ1v) is 21.8. The summed E-state index contributed by atoms with van der Waals surface area (Å²) in [6.07, 6.45) is 1.51. The molecular weight excluding hydrogens is 786 g/mol. The third kappa shape index (κ3) is 9.23. The average molecular weight is 837 g/mol. The Hall–Kier alpha value is -3.86. The molecule has 312 valence electrons. The molecule has 2 aliphatic heterocycles. The van der Waals surface area contributed by atoms with Gasteiger partial charge in [-0.05, 0) is 90.0 Å². The van der Waals surface area contributed by atoms with E-state index in [0.717, 1.165) is 19.5 Å². The summed E-state index contributed by atoms with van der Waals surface area (Å²) >= 11 is 1.41. The topological polar surface area (TPSA) is 162 Å².